The Labute approximate surface area is 88.5 Å². The molecule has 0 spiro atoms. The third kappa shape index (κ3) is 3.25. The second kappa shape index (κ2) is 5.10. The first-order valence-electron chi connectivity index (χ1n) is 3.66. The number of amides is 1. The highest BCUT2D eigenvalue weighted by molar-refractivity contribution is 6.30. The maximum atomic E-state index is 10.8. The molecule has 1 aromatic carbocycles. The van der Waals surface area contributed by atoms with Gasteiger partial charge in [0.05, 0.1) is 5.92 Å². The molecule has 0 radical (unpaired) electrons. The fourth-order valence-corrected chi connectivity index (χ4v) is 1.14. The van der Waals surface area contributed by atoms with Gasteiger partial charge in [0.15, 0.2) is 0 Å². The number of hydrogen-bond donors (Lipinski definition) is 1. The monoisotopic (exact) mass is 219 g/mol. The van der Waals surface area contributed by atoms with Crippen molar-refractivity contribution in [1.82, 2.24) is 0 Å². The SMILES string of the molecule is CC(C(N)=O)c1cccc(Cl)c1.Cl. The van der Waals surface area contributed by atoms with E-state index in [9.17, 15) is 4.79 Å². The third-order valence-corrected chi connectivity index (χ3v) is 2.01. The lowest BCUT2D eigenvalue weighted by atomic mass is 10.0. The van der Waals surface area contributed by atoms with Crippen molar-refractivity contribution in [2.75, 3.05) is 0 Å². The average molecular weight is 220 g/mol. The van der Waals surface area contributed by atoms with E-state index in [-0.39, 0.29) is 24.2 Å². The number of carbonyl (C=O) groups is 1. The molecule has 0 bridgehead atoms. The van der Waals surface area contributed by atoms with Gasteiger partial charge >= 0.3 is 0 Å². The Bertz CT molecular complexity index is 301. The van der Waals surface area contributed by atoms with Crippen LogP contribution in [0.4, 0.5) is 0 Å². The molecule has 0 aliphatic heterocycles. The summed E-state index contributed by atoms with van der Waals surface area (Å²) < 4.78 is 0. The molecular formula is C9H11Cl2NO. The summed E-state index contributed by atoms with van der Waals surface area (Å²) in [7, 11) is 0. The van der Waals surface area contributed by atoms with E-state index in [0.29, 0.717) is 5.02 Å². The first kappa shape index (κ1) is 12.3. The van der Waals surface area contributed by atoms with E-state index < -0.39 is 0 Å². The molecule has 1 rings (SSSR count). The van der Waals surface area contributed by atoms with Crippen molar-refractivity contribution in [3.05, 3.63) is 34.9 Å². The molecular weight excluding hydrogens is 209 g/mol. The summed E-state index contributed by atoms with van der Waals surface area (Å²) in [5.41, 5.74) is 5.99. The normalized spacial score (nSPS) is 11.5. The van der Waals surface area contributed by atoms with Gasteiger partial charge in [0.25, 0.3) is 0 Å². The van der Waals surface area contributed by atoms with Crippen molar-refractivity contribution < 1.29 is 4.79 Å². The maximum Gasteiger partial charge on any atom is 0.224 e. The van der Waals surface area contributed by atoms with Gasteiger partial charge in [-0.25, -0.2) is 0 Å². The van der Waals surface area contributed by atoms with E-state index in [1.54, 1.807) is 25.1 Å². The van der Waals surface area contributed by atoms with Gasteiger partial charge in [-0.05, 0) is 24.6 Å². The Kier molecular flexibility index (Phi) is 4.81. The van der Waals surface area contributed by atoms with E-state index in [1.807, 2.05) is 6.07 Å². The minimum Gasteiger partial charge on any atom is -0.369 e. The summed E-state index contributed by atoms with van der Waals surface area (Å²) in [5, 5.41) is 0.626. The van der Waals surface area contributed by atoms with Crippen molar-refractivity contribution in [2.45, 2.75) is 12.8 Å². The zero-order chi connectivity index (χ0) is 9.14. The Morgan fingerprint density at radius 1 is 1.54 bits per heavy atom. The van der Waals surface area contributed by atoms with E-state index in [4.69, 9.17) is 17.3 Å². The zero-order valence-corrected chi connectivity index (χ0v) is 8.73. The Hall–Kier alpha value is -0.730. The lowest BCUT2D eigenvalue weighted by molar-refractivity contribution is -0.119. The van der Waals surface area contributed by atoms with Crippen LogP contribution < -0.4 is 5.73 Å². The van der Waals surface area contributed by atoms with Gasteiger partial charge in [-0.2, -0.15) is 0 Å². The quantitative estimate of drug-likeness (QED) is 0.816. The number of hydrogen-bond acceptors (Lipinski definition) is 1. The molecule has 1 unspecified atom stereocenters. The number of carbonyl (C=O) groups excluding carboxylic acids is 1. The van der Waals surface area contributed by atoms with Crippen molar-refractivity contribution in [1.29, 1.82) is 0 Å². The minimum atomic E-state index is -0.336. The highest BCUT2D eigenvalue weighted by atomic mass is 35.5. The van der Waals surface area contributed by atoms with Crippen LogP contribution in [-0.4, -0.2) is 5.91 Å². The van der Waals surface area contributed by atoms with Crippen LogP contribution in [-0.2, 0) is 4.79 Å². The molecule has 1 atom stereocenters. The predicted octanol–water partition coefficient (Wildman–Crippen LogP) is 2.35. The molecule has 0 aliphatic rings. The molecule has 0 aliphatic carbocycles. The molecule has 0 aromatic heterocycles. The number of halogens is 2. The summed E-state index contributed by atoms with van der Waals surface area (Å²) in [4.78, 5) is 10.8. The molecule has 0 heterocycles. The number of rotatable bonds is 2. The van der Waals surface area contributed by atoms with Crippen LogP contribution in [0.3, 0.4) is 0 Å². The van der Waals surface area contributed by atoms with Gasteiger partial charge in [0.2, 0.25) is 5.91 Å². The highest BCUT2D eigenvalue weighted by Gasteiger charge is 2.10. The van der Waals surface area contributed by atoms with Gasteiger partial charge in [0.1, 0.15) is 0 Å². The van der Waals surface area contributed by atoms with Crippen LogP contribution in [0, 0.1) is 0 Å². The van der Waals surface area contributed by atoms with Gasteiger partial charge in [0, 0.05) is 5.02 Å². The lowest BCUT2D eigenvalue weighted by Gasteiger charge is -2.06. The van der Waals surface area contributed by atoms with Gasteiger partial charge in [-0.1, -0.05) is 23.7 Å². The predicted molar refractivity (Wildman–Crippen MR) is 56.3 cm³/mol. The lowest BCUT2D eigenvalue weighted by Crippen LogP contribution is -2.18. The highest BCUT2D eigenvalue weighted by Crippen LogP contribution is 2.18. The zero-order valence-electron chi connectivity index (χ0n) is 7.16. The molecule has 0 fully saturated rings. The Morgan fingerprint density at radius 3 is 2.62 bits per heavy atom. The molecule has 1 aromatic rings. The molecule has 4 heteroatoms. The van der Waals surface area contributed by atoms with Crippen molar-refractivity contribution in [2.24, 2.45) is 5.73 Å². The minimum absolute atomic E-state index is 0. The molecule has 1 amide bonds. The van der Waals surface area contributed by atoms with E-state index in [2.05, 4.69) is 0 Å². The maximum absolute atomic E-state index is 10.8. The van der Waals surface area contributed by atoms with Gasteiger partial charge < -0.3 is 5.73 Å². The average Bonchev–Trinajstić information content (AvgIpc) is 2.03. The standard InChI is InChI=1S/C9H10ClNO.ClH/c1-6(9(11)12)7-3-2-4-8(10)5-7;/h2-6H,1H3,(H2,11,12);1H. The van der Waals surface area contributed by atoms with Crippen LogP contribution in [0.5, 0.6) is 0 Å². The largest absolute Gasteiger partial charge is 0.369 e. The summed E-state index contributed by atoms with van der Waals surface area (Å²) in [6, 6.07) is 7.15. The summed E-state index contributed by atoms with van der Waals surface area (Å²) >= 11 is 5.74. The summed E-state index contributed by atoms with van der Waals surface area (Å²) in [6.07, 6.45) is 0. The van der Waals surface area contributed by atoms with E-state index >= 15 is 0 Å². The van der Waals surface area contributed by atoms with Gasteiger partial charge in [-0.3, -0.25) is 4.79 Å². The molecule has 2 N–H and O–H groups in total. The first-order chi connectivity index (χ1) is 5.61. The van der Waals surface area contributed by atoms with Crippen LogP contribution >= 0.6 is 24.0 Å². The summed E-state index contributed by atoms with van der Waals surface area (Å²) in [5.74, 6) is -0.610. The second-order valence-corrected chi connectivity index (χ2v) is 3.12. The Morgan fingerprint density at radius 2 is 2.15 bits per heavy atom. The van der Waals surface area contributed by atoms with Crippen LogP contribution in [0.15, 0.2) is 24.3 Å². The smallest absolute Gasteiger partial charge is 0.224 e. The molecule has 13 heavy (non-hydrogen) atoms. The number of nitrogens with two attached hydrogens (primary N) is 1. The number of benzene rings is 1. The topological polar surface area (TPSA) is 43.1 Å². The molecule has 0 saturated carbocycles. The van der Waals surface area contributed by atoms with E-state index in [0.717, 1.165) is 5.56 Å². The fourth-order valence-electron chi connectivity index (χ4n) is 0.940. The van der Waals surface area contributed by atoms with Crippen LogP contribution in [0.25, 0.3) is 0 Å². The third-order valence-electron chi connectivity index (χ3n) is 1.78. The summed E-state index contributed by atoms with van der Waals surface area (Å²) in [6.45, 7) is 1.76. The number of primary amides is 1. The van der Waals surface area contributed by atoms with Crippen molar-refractivity contribution >= 4 is 29.9 Å². The first-order valence-corrected chi connectivity index (χ1v) is 4.04. The van der Waals surface area contributed by atoms with E-state index in [1.165, 1.54) is 0 Å². The van der Waals surface area contributed by atoms with Crippen molar-refractivity contribution in [3.8, 4) is 0 Å². The fraction of sp³-hybridized carbons (Fsp3) is 0.222. The molecule has 0 saturated heterocycles. The molecule has 72 valence electrons. The second-order valence-electron chi connectivity index (χ2n) is 2.68. The molecule has 2 nitrogen and oxygen atoms in total. The van der Waals surface area contributed by atoms with Crippen molar-refractivity contribution in [3.63, 3.8) is 0 Å². The van der Waals surface area contributed by atoms with Gasteiger partial charge in [-0.15, -0.1) is 12.4 Å². The van der Waals surface area contributed by atoms with Crippen LogP contribution in [0.2, 0.25) is 5.02 Å². The van der Waals surface area contributed by atoms with Crippen LogP contribution in [0.1, 0.15) is 18.4 Å². The Balaban J connectivity index is 0.00000144.